The van der Waals surface area contributed by atoms with E-state index in [1.54, 1.807) is 6.07 Å². The van der Waals surface area contributed by atoms with E-state index in [4.69, 9.17) is 5.26 Å². The van der Waals surface area contributed by atoms with Crippen molar-refractivity contribution in [1.82, 2.24) is 0 Å². The highest BCUT2D eigenvalue weighted by molar-refractivity contribution is 9.10. The molecule has 1 aromatic carbocycles. The summed E-state index contributed by atoms with van der Waals surface area (Å²) in [6, 6.07) is 3.56. The van der Waals surface area contributed by atoms with Crippen LogP contribution in [-0.4, -0.2) is 19.4 Å². The molecule has 0 spiro atoms. The molecule has 0 fully saturated rings. The first-order valence-corrected chi connectivity index (χ1v) is 5.15. The fraction of sp³-hybridized carbons (Fsp3) is 0.200. The molecule has 18 heavy (non-hydrogen) atoms. The Kier molecular flexibility index (Phi) is 4.19. The summed E-state index contributed by atoms with van der Waals surface area (Å²) >= 11 is 2.90. The van der Waals surface area contributed by atoms with Crippen molar-refractivity contribution in [2.24, 2.45) is 0 Å². The van der Waals surface area contributed by atoms with E-state index in [1.807, 2.05) is 0 Å². The molecule has 0 heterocycles. The second-order valence-electron chi connectivity index (χ2n) is 2.98. The number of rotatable bonds is 2. The molecule has 8 heteroatoms. The molecule has 0 aromatic heterocycles. The molecule has 0 saturated carbocycles. The van der Waals surface area contributed by atoms with Gasteiger partial charge in [-0.15, -0.1) is 13.2 Å². The zero-order valence-corrected chi connectivity index (χ0v) is 10.4. The molecule has 1 aromatic rings. The minimum atomic E-state index is -4.95. The predicted octanol–water partition coefficient (Wildman–Crippen LogP) is 3.01. The van der Waals surface area contributed by atoms with Crippen molar-refractivity contribution in [2.45, 2.75) is 6.36 Å². The maximum atomic E-state index is 12.1. The lowest BCUT2D eigenvalue weighted by Gasteiger charge is -2.13. The summed E-state index contributed by atoms with van der Waals surface area (Å²) in [6.07, 6.45) is -4.95. The van der Waals surface area contributed by atoms with Gasteiger partial charge in [0.1, 0.15) is 17.4 Å². The lowest BCUT2D eigenvalue weighted by atomic mass is 10.1. The van der Waals surface area contributed by atoms with E-state index in [1.165, 1.54) is 0 Å². The van der Waals surface area contributed by atoms with Crippen LogP contribution in [0.3, 0.4) is 0 Å². The standard InChI is InChI=1S/C10H5BrF3NO3/c1-17-9(16)6-2-5(4-15)7(11)3-8(6)18-10(12,13)14/h2-3H,1H3. The van der Waals surface area contributed by atoms with E-state index in [0.717, 1.165) is 19.2 Å². The van der Waals surface area contributed by atoms with Crippen LogP contribution in [0.2, 0.25) is 0 Å². The largest absolute Gasteiger partial charge is 0.573 e. The Morgan fingerprint density at radius 2 is 2.06 bits per heavy atom. The lowest BCUT2D eigenvalue weighted by molar-refractivity contribution is -0.274. The molecular weight excluding hydrogens is 319 g/mol. The van der Waals surface area contributed by atoms with Crippen molar-refractivity contribution in [3.8, 4) is 11.8 Å². The van der Waals surface area contributed by atoms with Gasteiger partial charge in [-0.05, 0) is 28.1 Å². The SMILES string of the molecule is COC(=O)c1cc(C#N)c(Br)cc1OC(F)(F)F. The summed E-state index contributed by atoms with van der Waals surface area (Å²) in [4.78, 5) is 11.3. The predicted molar refractivity (Wildman–Crippen MR) is 56.9 cm³/mol. The number of halogens is 4. The zero-order valence-electron chi connectivity index (χ0n) is 8.84. The van der Waals surface area contributed by atoms with Crippen LogP contribution in [0.4, 0.5) is 13.2 Å². The highest BCUT2D eigenvalue weighted by Gasteiger charge is 2.33. The van der Waals surface area contributed by atoms with Gasteiger partial charge < -0.3 is 9.47 Å². The van der Waals surface area contributed by atoms with E-state index >= 15 is 0 Å². The number of esters is 1. The Bertz CT molecular complexity index is 522. The van der Waals surface area contributed by atoms with Crippen molar-refractivity contribution in [2.75, 3.05) is 7.11 Å². The Morgan fingerprint density at radius 3 is 2.50 bits per heavy atom. The first-order chi connectivity index (χ1) is 8.28. The van der Waals surface area contributed by atoms with Crippen molar-refractivity contribution < 1.29 is 27.4 Å². The van der Waals surface area contributed by atoms with Crippen molar-refractivity contribution in [3.05, 3.63) is 27.7 Å². The minimum absolute atomic E-state index is 0.00933. The number of hydrogen-bond donors (Lipinski definition) is 0. The minimum Gasteiger partial charge on any atom is -0.465 e. The molecule has 96 valence electrons. The highest BCUT2D eigenvalue weighted by Crippen LogP contribution is 2.32. The van der Waals surface area contributed by atoms with Crippen molar-refractivity contribution in [3.63, 3.8) is 0 Å². The van der Waals surface area contributed by atoms with Gasteiger partial charge in [0.15, 0.2) is 0 Å². The van der Waals surface area contributed by atoms with E-state index in [-0.39, 0.29) is 10.0 Å². The first kappa shape index (κ1) is 14.3. The Labute approximate surface area is 108 Å². The average molecular weight is 324 g/mol. The molecule has 0 saturated heterocycles. The highest BCUT2D eigenvalue weighted by atomic mass is 79.9. The van der Waals surface area contributed by atoms with Gasteiger partial charge in [-0.25, -0.2) is 4.79 Å². The molecular formula is C10H5BrF3NO3. The molecule has 0 aliphatic heterocycles. The van der Waals surface area contributed by atoms with Gasteiger partial charge in [-0.2, -0.15) is 5.26 Å². The Morgan fingerprint density at radius 1 is 1.44 bits per heavy atom. The van der Waals surface area contributed by atoms with Crippen LogP contribution in [0, 0.1) is 11.3 Å². The van der Waals surface area contributed by atoms with Gasteiger partial charge in [-0.1, -0.05) is 0 Å². The molecule has 0 amide bonds. The summed E-state index contributed by atoms with van der Waals surface area (Å²) in [5.41, 5.74) is -0.487. The van der Waals surface area contributed by atoms with E-state index in [9.17, 15) is 18.0 Å². The molecule has 4 nitrogen and oxygen atoms in total. The molecule has 0 radical (unpaired) electrons. The van der Waals surface area contributed by atoms with Crippen LogP contribution in [0.25, 0.3) is 0 Å². The molecule has 0 N–H and O–H groups in total. The molecule has 0 bridgehead atoms. The quantitative estimate of drug-likeness (QED) is 0.785. The number of carbonyl (C=O) groups is 1. The molecule has 0 aliphatic rings. The number of benzene rings is 1. The van der Waals surface area contributed by atoms with E-state index < -0.39 is 23.6 Å². The summed E-state index contributed by atoms with van der Waals surface area (Å²) < 4.78 is 44.5. The van der Waals surface area contributed by atoms with Gasteiger partial charge in [0, 0.05) is 4.47 Å². The van der Waals surface area contributed by atoms with Crippen LogP contribution in [0.15, 0.2) is 16.6 Å². The normalized spacial score (nSPS) is 10.7. The molecule has 0 atom stereocenters. The Balaban J connectivity index is 3.35. The third-order valence-electron chi connectivity index (χ3n) is 1.82. The van der Waals surface area contributed by atoms with Gasteiger partial charge in [0.2, 0.25) is 0 Å². The summed E-state index contributed by atoms with van der Waals surface area (Å²) in [6.45, 7) is 0. The second kappa shape index (κ2) is 5.27. The number of carbonyl (C=O) groups excluding carboxylic acids is 1. The third-order valence-corrected chi connectivity index (χ3v) is 2.48. The topological polar surface area (TPSA) is 59.3 Å². The number of methoxy groups -OCH3 is 1. The third kappa shape index (κ3) is 3.37. The smallest absolute Gasteiger partial charge is 0.465 e. The lowest BCUT2D eigenvalue weighted by Crippen LogP contribution is -2.19. The van der Waals surface area contributed by atoms with Crippen LogP contribution >= 0.6 is 15.9 Å². The van der Waals surface area contributed by atoms with Crippen LogP contribution in [0.5, 0.6) is 5.75 Å². The fourth-order valence-electron chi connectivity index (χ4n) is 1.12. The van der Waals surface area contributed by atoms with E-state index in [0.29, 0.717) is 0 Å². The average Bonchev–Trinajstić information content (AvgIpc) is 2.26. The molecule has 1 rings (SSSR count). The zero-order chi connectivity index (χ0) is 13.9. The monoisotopic (exact) mass is 323 g/mol. The van der Waals surface area contributed by atoms with Crippen LogP contribution < -0.4 is 4.74 Å². The van der Waals surface area contributed by atoms with Gasteiger partial charge in [0.25, 0.3) is 0 Å². The number of ether oxygens (including phenoxy) is 2. The summed E-state index contributed by atoms with van der Waals surface area (Å²) in [5.74, 6) is -1.77. The fourth-order valence-corrected chi connectivity index (χ4v) is 1.53. The van der Waals surface area contributed by atoms with Gasteiger partial charge in [0.05, 0.1) is 12.7 Å². The number of nitriles is 1. The summed E-state index contributed by atoms with van der Waals surface area (Å²) in [7, 11) is 1.01. The van der Waals surface area contributed by atoms with Crippen LogP contribution in [0.1, 0.15) is 15.9 Å². The van der Waals surface area contributed by atoms with E-state index in [2.05, 4.69) is 25.4 Å². The van der Waals surface area contributed by atoms with Crippen molar-refractivity contribution >= 4 is 21.9 Å². The van der Waals surface area contributed by atoms with Gasteiger partial charge in [-0.3, -0.25) is 0 Å². The summed E-state index contributed by atoms with van der Waals surface area (Å²) in [5, 5.41) is 8.73. The molecule has 0 aliphatic carbocycles. The number of hydrogen-bond acceptors (Lipinski definition) is 4. The molecule has 0 unspecified atom stereocenters. The van der Waals surface area contributed by atoms with Crippen LogP contribution in [-0.2, 0) is 4.74 Å². The Hall–Kier alpha value is -1.75. The maximum Gasteiger partial charge on any atom is 0.573 e. The van der Waals surface area contributed by atoms with Crippen molar-refractivity contribution in [1.29, 1.82) is 5.26 Å². The number of alkyl halides is 3. The van der Waals surface area contributed by atoms with Gasteiger partial charge >= 0.3 is 12.3 Å². The first-order valence-electron chi connectivity index (χ1n) is 4.36. The number of nitrogens with zero attached hydrogens (tertiary/aromatic N) is 1. The second-order valence-corrected chi connectivity index (χ2v) is 3.83. The maximum absolute atomic E-state index is 12.1.